The molecule has 0 aromatic heterocycles. The number of ether oxygens (including phenoxy) is 6. The van der Waals surface area contributed by atoms with Crippen LogP contribution in [0.2, 0.25) is 0 Å². The van der Waals surface area contributed by atoms with E-state index in [1.54, 1.807) is 12.1 Å². The third-order valence-corrected chi connectivity index (χ3v) is 9.44. The highest BCUT2D eigenvalue weighted by Crippen LogP contribution is 2.32. The summed E-state index contributed by atoms with van der Waals surface area (Å²) in [5.74, 6) is -2.68. The number of anilines is 1. The van der Waals surface area contributed by atoms with Gasteiger partial charge in [0.05, 0.1) is 82.9 Å². The number of hydrogen-bond donors (Lipinski definition) is 2. The number of benzene rings is 1. The van der Waals surface area contributed by atoms with Crippen LogP contribution in [0.1, 0.15) is 130 Å². The van der Waals surface area contributed by atoms with Crippen LogP contribution in [0, 0.1) is 0 Å². The van der Waals surface area contributed by atoms with Gasteiger partial charge in [0.2, 0.25) is 17.7 Å². The molecule has 0 aliphatic carbocycles. The lowest BCUT2D eigenvalue weighted by atomic mass is 10.0. The van der Waals surface area contributed by atoms with Crippen LogP contribution < -0.4 is 10.6 Å². The molecule has 5 amide bonds. The Hall–Kier alpha value is -3.27. The van der Waals surface area contributed by atoms with E-state index in [2.05, 4.69) is 17.6 Å². The van der Waals surface area contributed by atoms with Gasteiger partial charge >= 0.3 is 0 Å². The zero-order chi connectivity index (χ0) is 39.4. The molecule has 2 N–H and O–H groups in total. The van der Waals surface area contributed by atoms with Gasteiger partial charge in [0.15, 0.2) is 0 Å². The largest absolute Gasteiger partial charge is 0.379 e. The lowest BCUT2D eigenvalue weighted by Gasteiger charge is -2.27. The number of unbranched alkanes of at least 4 members (excludes halogenated alkanes) is 11. The van der Waals surface area contributed by atoms with Crippen molar-refractivity contribution in [2.75, 3.05) is 84.6 Å². The Morgan fingerprint density at radius 2 is 1.11 bits per heavy atom. The van der Waals surface area contributed by atoms with Crippen molar-refractivity contribution in [2.45, 2.75) is 116 Å². The molecular formula is C41H65N3O11. The fraction of sp³-hybridized carbons (Fsp3) is 0.732. The van der Waals surface area contributed by atoms with Crippen molar-refractivity contribution in [3.05, 3.63) is 29.3 Å². The Balaban J connectivity index is 1.04. The number of fused-ring (bicyclic) bond motifs is 1. The van der Waals surface area contributed by atoms with Gasteiger partial charge in [0, 0.05) is 26.1 Å². The molecular weight excluding hydrogens is 710 g/mol. The molecule has 0 saturated carbocycles. The number of imide groups is 2. The Morgan fingerprint density at radius 3 is 1.62 bits per heavy atom. The summed E-state index contributed by atoms with van der Waals surface area (Å²) < 4.78 is 33.4. The monoisotopic (exact) mass is 775 g/mol. The van der Waals surface area contributed by atoms with Crippen LogP contribution in [0.5, 0.6) is 0 Å². The predicted octanol–water partition coefficient (Wildman–Crippen LogP) is 5.61. The third kappa shape index (κ3) is 18.5. The molecule has 2 heterocycles. The second-order valence-electron chi connectivity index (χ2n) is 13.9. The highest BCUT2D eigenvalue weighted by atomic mass is 16.6. The summed E-state index contributed by atoms with van der Waals surface area (Å²) in [7, 11) is 0. The minimum absolute atomic E-state index is 0.0346. The van der Waals surface area contributed by atoms with Crippen molar-refractivity contribution >= 4 is 35.2 Å². The van der Waals surface area contributed by atoms with Gasteiger partial charge in [-0.25, -0.2) is 0 Å². The van der Waals surface area contributed by atoms with E-state index in [0.29, 0.717) is 79.1 Å². The summed E-state index contributed by atoms with van der Waals surface area (Å²) in [5, 5.41) is 4.92. The van der Waals surface area contributed by atoms with Gasteiger partial charge in [-0.05, 0) is 37.8 Å². The average Bonchev–Trinajstić information content (AvgIpc) is 3.43. The van der Waals surface area contributed by atoms with E-state index in [4.69, 9.17) is 28.4 Å². The fourth-order valence-electron chi connectivity index (χ4n) is 6.39. The quantitative estimate of drug-likeness (QED) is 0.0660. The van der Waals surface area contributed by atoms with E-state index < -0.39 is 29.7 Å². The first-order valence-corrected chi connectivity index (χ1v) is 20.5. The highest BCUT2D eigenvalue weighted by molar-refractivity contribution is 6.26. The molecule has 0 spiro atoms. The third-order valence-electron chi connectivity index (χ3n) is 9.44. The Kier molecular flexibility index (Phi) is 24.3. The fourth-order valence-corrected chi connectivity index (χ4v) is 6.39. The van der Waals surface area contributed by atoms with E-state index in [9.17, 15) is 24.0 Å². The Labute approximate surface area is 327 Å². The number of hydrogen-bond acceptors (Lipinski definition) is 11. The molecule has 2 aliphatic rings. The molecule has 310 valence electrons. The number of carbonyl (C=O) groups excluding carboxylic acids is 5. The summed E-state index contributed by atoms with van der Waals surface area (Å²) >= 11 is 0. The SMILES string of the molecule is CCCCCCCCCCCCOCCOCCOCCOCCOCCOCCCCCC(=O)Nc1cccc2c1C(=O)N(C1CCC(=O)NC1=O)C2=O. The summed E-state index contributed by atoms with van der Waals surface area (Å²) in [4.78, 5) is 63.5. The molecule has 1 saturated heterocycles. The van der Waals surface area contributed by atoms with Crippen molar-refractivity contribution < 1.29 is 52.4 Å². The number of nitrogens with zero attached hydrogens (tertiary/aromatic N) is 1. The highest BCUT2D eigenvalue weighted by Gasteiger charge is 2.45. The molecule has 1 unspecified atom stereocenters. The standard InChI is InChI=1S/C41H65N3O11/c1-2-3-4-5-6-7-8-9-10-13-21-50-23-25-52-27-29-54-31-32-55-30-28-53-26-24-51-22-14-11-12-18-36(45)42-34-17-15-16-33-38(34)41(49)44(40(33)48)35-19-20-37(46)43-39(35)47/h15-17,35H,2-14,18-32H2,1H3,(H,42,45)(H,43,46,47). The van der Waals surface area contributed by atoms with Crippen LogP contribution in [0.3, 0.4) is 0 Å². The molecule has 1 aromatic carbocycles. The van der Waals surface area contributed by atoms with Crippen LogP contribution >= 0.6 is 0 Å². The maximum Gasteiger partial charge on any atom is 0.264 e. The summed E-state index contributed by atoms with van der Waals surface area (Å²) in [5.41, 5.74) is 0.407. The van der Waals surface area contributed by atoms with Gasteiger partial charge in [-0.1, -0.05) is 77.2 Å². The molecule has 55 heavy (non-hydrogen) atoms. The van der Waals surface area contributed by atoms with Gasteiger partial charge in [-0.15, -0.1) is 0 Å². The van der Waals surface area contributed by atoms with Gasteiger partial charge in [0.25, 0.3) is 11.8 Å². The molecule has 3 rings (SSSR count). The summed E-state index contributed by atoms with van der Waals surface area (Å²) in [6.45, 7) is 8.78. The first-order chi connectivity index (χ1) is 26.9. The summed E-state index contributed by atoms with van der Waals surface area (Å²) in [6.07, 6.45) is 15.8. The number of piperidine rings is 1. The van der Waals surface area contributed by atoms with Crippen LogP contribution in [0.15, 0.2) is 18.2 Å². The van der Waals surface area contributed by atoms with Gasteiger partial charge in [0.1, 0.15) is 6.04 Å². The van der Waals surface area contributed by atoms with E-state index in [-0.39, 0.29) is 42.0 Å². The van der Waals surface area contributed by atoms with Crippen LogP contribution in [-0.2, 0) is 42.8 Å². The van der Waals surface area contributed by atoms with Crippen molar-refractivity contribution in [3.8, 4) is 0 Å². The van der Waals surface area contributed by atoms with Crippen LogP contribution in [0.4, 0.5) is 5.69 Å². The smallest absolute Gasteiger partial charge is 0.264 e. The van der Waals surface area contributed by atoms with Gasteiger partial charge in [-0.3, -0.25) is 34.2 Å². The van der Waals surface area contributed by atoms with E-state index in [1.165, 1.54) is 63.9 Å². The van der Waals surface area contributed by atoms with Crippen molar-refractivity contribution in [2.24, 2.45) is 0 Å². The topological polar surface area (TPSA) is 168 Å². The van der Waals surface area contributed by atoms with E-state index >= 15 is 0 Å². The van der Waals surface area contributed by atoms with Crippen LogP contribution in [-0.4, -0.2) is 120 Å². The molecule has 1 atom stereocenters. The molecule has 14 nitrogen and oxygen atoms in total. The molecule has 0 radical (unpaired) electrons. The molecule has 2 aliphatic heterocycles. The van der Waals surface area contributed by atoms with Crippen LogP contribution in [0.25, 0.3) is 0 Å². The number of rotatable bonds is 34. The molecule has 1 aromatic rings. The maximum atomic E-state index is 13.2. The number of carbonyl (C=O) groups is 5. The zero-order valence-electron chi connectivity index (χ0n) is 33.0. The minimum Gasteiger partial charge on any atom is -0.379 e. The Bertz CT molecular complexity index is 1290. The Morgan fingerprint density at radius 1 is 0.636 bits per heavy atom. The van der Waals surface area contributed by atoms with Gasteiger partial charge in [-0.2, -0.15) is 0 Å². The molecule has 1 fully saturated rings. The predicted molar refractivity (Wildman–Crippen MR) is 207 cm³/mol. The molecule has 0 bridgehead atoms. The van der Waals surface area contributed by atoms with Gasteiger partial charge < -0.3 is 33.7 Å². The number of amides is 5. The first-order valence-electron chi connectivity index (χ1n) is 20.5. The normalized spacial score (nSPS) is 15.5. The zero-order valence-corrected chi connectivity index (χ0v) is 33.0. The second-order valence-corrected chi connectivity index (χ2v) is 13.9. The first kappa shape index (κ1) is 46.1. The average molecular weight is 776 g/mol. The number of nitrogens with one attached hydrogen (secondary N) is 2. The van der Waals surface area contributed by atoms with E-state index in [1.807, 2.05) is 0 Å². The maximum absolute atomic E-state index is 13.2. The minimum atomic E-state index is -1.07. The van der Waals surface area contributed by atoms with E-state index in [0.717, 1.165) is 30.8 Å². The lowest BCUT2D eigenvalue weighted by molar-refractivity contribution is -0.136. The lowest BCUT2D eigenvalue weighted by Crippen LogP contribution is -2.54. The van der Waals surface area contributed by atoms with Crippen molar-refractivity contribution in [1.82, 2.24) is 10.2 Å². The van der Waals surface area contributed by atoms with Crippen molar-refractivity contribution in [3.63, 3.8) is 0 Å². The summed E-state index contributed by atoms with van der Waals surface area (Å²) in [6, 6.07) is 3.56. The molecule has 14 heteroatoms. The second kappa shape index (κ2) is 29.0. The van der Waals surface area contributed by atoms with Crippen molar-refractivity contribution in [1.29, 1.82) is 0 Å².